The Labute approximate surface area is 429 Å². The van der Waals surface area contributed by atoms with E-state index in [-0.39, 0.29) is 43.0 Å². The quantitative estimate of drug-likeness (QED) is 0.0495. The number of hydrogen-bond donors (Lipinski definition) is 0. The Morgan fingerprint density at radius 3 is 0.581 bits per heavy atom. The van der Waals surface area contributed by atoms with Gasteiger partial charge in [-0.3, -0.25) is 0 Å². The van der Waals surface area contributed by atoms with E-state index in [1.54, 1.807) is 0 Å². The van der Waals surface area contributed by atoms with E-state index in [1.807, 2.05) is 0 Å². The summed E-state index contributed by atoms with van der Waals surface area (Å²) in [5, 5.41) is 0. The van der Waals surface area contributed by atoms with Crippen LogP contribution < -0.4 is 21.2 Å². The molecule has 8 aromatic carbocycles. The molecule has 0 nitrogen and oxygen atoms in total. The molecule has 0 aliphatic carbocycles. The van der Waals surface area contributed by atoms with E-state index in [2.05, 4.69) is 218 Å². The van der Waals surface area contributed by atoms with Crippen molar-refractivity contribution in [3.63, 3.8) is 0 Å². The van der Waals surface area contributed by atoms with Gasteiger partial charge in [-0.05, 0) is 132 Å². The van der Waals surface area contributed by atoms with Crippen molar-refractivity contribution < 1.29 is 96.7 Å². The summed E-state index contributed by atoms with van der Waals surface area (Å²) in [7, 11) is -32.2. The molecule has 0 bridgehead atoms. The van der Waals surface area contributed by atoms with E-state index in [9.17, 15) is 75.5 Å². The fourth-order valence-corrected chi connectivity index (χ4v) is 12.8. The first kappa shape index (κ1) is 60.1. The van der Waals surface area contributed by atoms with Crippen molar-refractivity contribution in [3.05, 3.63) is 248 Å². The van der Waals surface area contributed by atoms with Gasteiger partial charge < -0.3 is 0 Å². The molecule has 0 heterocycles. The van der Waals surface area contributed by atoms with Gasteiger partial charge in [0.25, 0.3) is 0 Å². The van der Waals surface area contributed by atoms with Gasteiger partial charge in [0.05, 0.1) is 21.8 Å². The zero-order valence-electron chi connectivity index (χ0n) is 37.5. The van der Waals surface area contributed by atoms with Gasteiger partial charge in [-0.1, -0.05) is 121 Å². The summed E-state index contributed by atoms with van der Waals surface area (Å²) in [4.78, 5) is 8.10. The molecule has 8 rings (SSSR count). The standard InChI is InChI=1S/C50H40IS2.3F6P/c1-5-13-45(14-6-1)52(46-15-7-2-8-16-46)49-33-25-41(26-34-49)37-39-21-29-43(30-22-39)51-44-31-23-40(24-32-44)38-42-27-35-50(36-28-42)53(47-17-9-3-10-18-47)48-19-11-4-12-20-48;3*1-7(2,3,4,5)6/h1-36H,37-38H2;;;/q+3;3*-1. The molecule has 0 atom stereocenters. The fraction of sp³-hybridized carbons (Fsp3) is 0.0400. The second-order valence-corrected chi connectivity index (χ2v) is 28.6. The second-order valence-electron chi connectivity index (χ2n) is 15.7. The molecule has 0 saturated carbocycles. The van der Waals surface area contributed by atoms with Crippen molar-refractivity contribution in [1.82, 2.24) is 0 Å². The Hall–Kier alpha value is -4.78. The van der Waals surface area contributed by atoms with Gasteiger partial charge >= 0.3 is 120 Å². The van der Waals surface area contributed by atoms with Crippen LogP contribution in [0.4, 0.5) is 75.5 Å². The van der Waals surface area contributed by atoms with E-state index in [0.717, 1.165) is 12.8 Å². The van der Waals surface area contributed by atoms with E-state index in [0.29, 0.717) is 0 Å². The molecule has 74 heavy (non-hydrogen) atoms. The summed E-state index contributed by atoms with van der Waals surface area (Å²) in [5.41, 5.74) is 5.41. The molecule has 8 aromatic rings. The molecule has 400 valence electrons. The monoisotopic (exact) mass is 1270 g/mol. The van der Waals surface area contributed by atoms with Crippen LogP contribution in [-0.2, 0) is 34.6 Å². The molecule has 0 radical (unpaired) electrons. The van der Waals surface area contributed by atoms with Gasteiger partial charge in [0.1, 0.15) is 0 Å². The molecule has 24 heteroatoms. The van der Waals surface area contributed by atoms with Crippen LogP contribution in [-0.4, -0.2) is 0 Å². The maximum atomic E-state index is 9.87. The second kappa shape index (κ2) is 21.0. The number of halogens is 19. The first-order valence-electron chi connectivity index (χ1n) is 21.0. The zero-order valence-corrected chi connectivity index (χ0v) is 44.0. The molecule has 0 aliphatic heterocycles. The van der Waals surface area contributed by atoms with E-state index in [4.69, 9.17) is 0 Å². The molecule has 0 N–H and O–H groups in total. The van der Waals surface area contributed by atoms with Crippen LogP contribution in [0, 0.1) is 7.14 Å². The summed E-state index contributed by atoms with van der Waals surface area (Å²) in [6.45, 7) is 0. The summed E-state index contributed by atoms with van der Waals surface area (Å²) in [6, 6.07) is 80.7. The molecule has 0 aromatic heterocycles. The summed E-state index contributed by atoms with van der Waals surface area (Å²) in [6.07, 6.45) is 1.89. The topological polar surface area (TPSA) is 0 Å². The maximum Gasteiger partial charge on any atom is 0.357 e. The molecular weight excluding hydrogens is 1230 g/mol. The van der Waals surface area contributed by atoms with Crippen molar-refractivity contribution >= 4 is 45.2 Å². The average Bonchev–Trinajstić information content (AvgIpc) is 3.27. The average molecular weight is 1270 g/mol. The van der Waals surface area contributed by atoms with Crippen molar-refractivity contribution in [2.45, 2.75) is 42.2 Å². The summed E-state index contributed by atoms with van der Waals surface area (Å²) < 4.78 is 180. The number of rotatable bonds is 12. The Kier molecular flexibility index (Phi) is 17.0. The number of hydrogen-bond acceptors (Lipinski definition) is 0. The normalized spacial score (nSPS) is 14.6. The predicted molar refractivity (Wildman–Crippen MR) is 260 cm³/mol. The number of benzene rings is 8. The minimum absolute atomic E-state index is 0.115. The summed E-state index contributed by atoms with van der Waals surface area (Å²) >= 11 is -0.230. The third-order valence-corrected chi connectivity index (χ3v) is 16.2. The molecular formula is C50H40F18IP3S2. The minimum atomic E-state index is -10.7. The first-order valence-corrected chi connectivity index (χ1v) is 31.7. The molecule has 0 amide bonds. The van der Waals surface area contributed by atoms with E-state index in [1.165, 1.54) is 58.8 Å². The van der Waals surface area contributed by atoms with Gasteiger partial charge in [0, 0.05) is 0 Å². The summed E-state index contributed by atoms with van der Waals surface area (Å²) in [5.74, 6) is 0. The largest absolute Gasteiger partial charge is 0.357 e. The smallest absolute Gasteiger partial charge is 0.0619 e. The third-order valence-electron chi connectivity index (χ3n) is 9.09. The van der Waals surface area contributed by atoms with Crippen molar-refractivity contribution in [2.24, 2.45) is 0 Å². The van der Waals surface area contributed by atoms with Gasteiger partial charge in [0.2, 0.25) is 0 Å². The molecule has 0 unspecified atom stereocenters. The van der Waals surface area contributed by atoms with Crippen LogP contribution in [0.3, 0.4) is 0 Å². The van der Waals surface area contributed by atoms with Gasteiger partial charge in [-0.2, -0.15) is 0 Å². The van der Waals surface area contributed by atoms with Gasteiger partial charge in [-0.15, -0.1) is 0 Å². The molecule has 0 spiro atoms. The van der Waals surface area contributed by atoms with E-state index >= 15 is 0 Å². The van der Waals surface area contributed by atoms with E-state index < -0.39 is 23.4 Å². The SMILES string of the molecule is F[P-](F)(F)(F)(F)F.F[P-](F)(F)(F)(F)F.F[P-](F)(F)(F)(F)F.c1ccc([S+](c2ccccc2)c2ccc(Cc3ccc([I+]c4ccc(Cc5ccc([S+](c6ccccc6)c6ccccc6)cc5)cc4)cc3)cc2)cc1. The van der Waals surface area contributed by atoms with Crippen LogP contribution in [0.25, 0.3) is 0 Å². The Morgan fingerprint density at radius 2 is 0.392 bits per heavy atom. The Morgan fingerprint density at radius 1 is 0.230 bits per heavy atom. The fourth-order valence-electron chi connectivity index (χ4n) is 6.46. The Bertz CT molecular complexity index is 2700. The minimum Gasteiger partial charge on any atom is -0.0619 e. The van der Waals surface area contributed by atoms with Crippen LogP contribution in [0.2, 0.25) is 0 Å². The zero-order chi connectivity index (χ0) is 54.9. The van der Waals surface area contributed by atoms with Gasteiger partial charge in [-0.25, -0.2) is 0 Å². The van der Waals surface area contributed by atoms with Crippen LogP contribution >= 0.6 is 23.4 Å². The first-order chi connectivity index (χ1) is 33.6. The Balaban J connectivity index is 0.000000406. The van der Waals surface area contributed by atoms with Crippen molar-refractivity contribution in [2.75, 3.05) is 0 Å². The van der Waals surface area contributed by atoms with Crippen LogP contribution in [0.1, 0.15) is 22.3 Å². The molecule has 0 saturated heterocycles. The maximum absolute atomic E-state index is 10.7. The van der Waals surface area contributed by atoms with Crippen LogP contribution in [0.15, 0.2) is 248 Å². The third kappa shape index (κ3) is 27.7. The molecule has 0 aliphatic rings. The van der Waals surface area contributed by atoms with Gasteiger partial charge in [0.15, 0.2) is 36.5 Å². The van der Waals surface area contributed by atoms with Crippen molar-refractivity contribution in [1.29, 1.82) is 0 Å². The van der Waals surface area contributed by atoms with Crippen LogP contribution in [0.5, 0.6) is 0 Å². The predicted octanol–water partition coefficient (Wildman–Crippen LogP) is 19.3. The van der Waals surface area contributed by atoms with Crippen molar-refractivity contribution in [3.8, 4) is 0 Å². The molecule has 0 fully saturated rings.